The van der Waals surface area contributed by atoms with E-state index in [4.69, 9.17) is 20.0 Å². The molecule has 0 bridgehead atoms. The fourth-order valence-corrected chi connectivity index (χ4v) is 7.33. The molecule has 1 aliphatic heterocycles. The van der Waals surface area contributed by atoms with Crippen molar-refractivity contribution in [2.24, 2.45) is 9.98 Å². The lowest BCUT2D eigenvalue weighted by molar-refractivity contribution is 0.674. The van der Waals surface area contributed by atoms with E-state index < -0.39 is 0 Å². The van der Waals surface area contributed by atoms with Crippen LogP contribution < -0.4 is 5.32 Å². The van der Waals surface area contributed by atoms with Crippen molar-refractivity contribution in [2.75, 3.05) is 0 Å². The average molecular weight is 693 g/mol. The lowest BCUT2D eigenvalue weighted by Gasteiger charge is -2.24. The Labute approximate surface area is 312 Å². The Kier molecular flexibility index (Phi) is 7.77. The number of rotatable bonds is 6. The molecule has 6 nitrogen and oxygen atoms in total. The molecule has 9 aromatic rings. The summed E-state index contributed by atoms with van der Waals surface area (Å²) in [6, 6.07) is 57.2. The van der Waals surface area contributed by atoms with Gasteiger partial charge in [0.05, 0.1) is 16.6 Å². The first-order valence-corrected chi connectivity index (χ1v) is 18.0. The first-order chi connectivity index (χ1) is 26.7. The highest BCUT2D eigenvalue weighted by atomic mass is 15.2. The smallest absolute Gasteiger partial charge is 0.159 e. The zero-order valence-electron chi connectivity index (χ0n) is 29.1. The number of aromatic nitrogens is 3. The Hall–Kier alpha value is -7.31. The zero-order valence-corrected chi connectivity index (χ0v) is 29.1. The van der Waals surface area contributed by atoms with Gasteiger partial charge in [-0.25, -0.2) is 9.98 Å². The van der Waals surface area contributed by atoms with Crippen LogP contribution in [0.4, 0.5) is 0 Å². The van der Waals surface area contributed by atoms with Crippen LogP contribution >= 0.6 is 0 Å². The van der Waals surface area contributed by atoms with Gasteiger partial charge in [-0.2, -0.15) is 0 Å². The first kappa shape index (κ1) is 31.4. The second-order valence-corrected chi connectivity index (χ2v) is 13.4. The van der Waals surface area contributed by atoms with Crippen LogP contribution in [0.25, 0.3) is 66.1 Å². The van der Waals surface area contributed by atoms with Crippen molar-refractivity contribution in [3.8, 4) is 33.4 Å². The normalized spacial score (nSPS) is 14.1. The molecule has 1 atom stereocenters. The topological polar surface area (TPSA) is 75.4 Å². The molecule has 1 aliphatic rings. The van der Waals surface area contributed by atoms with Gasteiger partial charge in [-0.1, -0.05) is 121 Å². The summed E-state index contributed by atoms with van der Waals surface area (Å²) in [6.45, 7) is 0. The molecule has 0 spiro atoms. The van der Waals surface area contributed by atoms with Gasteiger partial charge in [0.2, 0.25) is 0 Å². The Bertz CT molecular complexity index is 2900. The molecule has 0 saturated heterocycles. The third kappa shape index (κ3) is 5.86. The lowest BCUT2D eigenvalue weighted by atomic mass is 9.92. The van der Waals surface area contributed by atoms with E-state index in [1.807, 2.05) is 48.7 Å². The molecule has 2 aromatic heterocycles. The fraction of sp³-hybridized carbons (Fsp3) is 0.0208. The zero-order chi connectivity index (χ0) is 35.8. The maximum atomic E-state index is 5.24. The van der Waals surface area contributed by atoms with Gasteiger partial charge >= 0.3 is 0 Å². The van der Waals surface area contributed by atoms with Crippen molar-refractivity contribution in [1.29, 1.82) is 0 Å². The van der Waals surface area contributed by atoms with Crippen LogP contribution in [-0.2, 0) is 0 Å². The minimum absolute atomic E-state index is 0.319. The summed E-state index contributed by atoms with van der Waals surface area (Å²) in [5.74, 6) is 1.42. The number of aliphatic imine (C=N–C) groups is 2. The van der Waals surface area contributed by atoms with Crippen molar-refractivity contribution in [3.63, 3.8) is 0 Å². The van der Waals surface area contributed by atoms with Gasteiger partial charge in [-0.05, 0) is 86.6 Å². The number of nitrogens with zero attached hydrogens (tertiary/aromatic N) is 5. The van der Waals surface area contributed by atoms with Gasteiger partial charge < -0.3 is 5.32 Å². The van der Waals surface area contributed by atoms with Crippen molar-refractivity contribution in [1.82, 2.24) is 20.3 Å². The molecule has 0 aliphatic carbocycles. The van der Waals surface area contributed by atoms with Gasteiger partial charge in [0.25, 0.3) is 0 Å². The van der Waals surface area contributed by atoms with E-state index in [0.29, 0.717) is 5.84 Å². The van der Waals surface area contributed by atoms with Gasteiger partial charge in [-0.3, -0.25) is 15.0 Å². The Morgan fingerprint density at radius 3 is 1.93 bits per heavy atom. The summed E-state index contributed by atoms with van der Waals surface area (Å²) in [5, 5.41) is 7.01. The van der Waals surface area contributed by atoms with E-state index in [1.54, 1.807) is 12.4 Å². The fourth-order valence-electron chi connectivity index (χ4n) is 7.33. The molecule has 0 fully saturated rings. The first-order valence-electron chi connectivity index (χ1n) is 18.0. The lowest BCUT2D eigenvalue weighted by Crippen LogP contribution is -2.33. The highest BCUT2D eigenvalue weighted by Crippen LogP contribution is 2.37. The number of hydrogen-bond acceptors (Lipinski definition) is 6. The summed E-state index contributed by atoms with van der Waals surface area (Å²) >= 11 is 0. The molecule has 1 unspecified atom stereocenters. The van der Waals surface area contributed by atoms with E-state index >= 15 is 0 Å². The molecule has 7 aromatic carbocycles. The molecule has 0 radical (unpaired) electrons. The molecule has 10 rings (SSSR count). The van der Waals surface area contributed by atoms with E-state index in [0.717, 1.165) is 72.3 Å². The number of pyridine rings is 1. The summed E-state index contributed by atoms with van der Waals surface area (Å²) in [5.41, 5.74) is 11.9. The van der Waals surface area contributed by atoms with Crippen molar-refractivity contribution >= 4 is 44.4 Å². The number of amidine groups is 2. The average Bonchev–Trinajstić information content (AvgIpc) is 3.26. The predicted molar refractivity (Wildman–Crippen MR) is 220 cm³/mol. The Morgan fingerprint density at radius 1 is 0.426 bits per heavy atom. The van der Waals surface area contributed by atoms with Crippen molar-refractivity contribution in [3.05, 3.63) is 199 Å². The summed E-state index contributed by atoms with van der Waals surface area (Å²) in [6.07, 6.45) is 4.98. The maximum absolute atomic E-state index is 5.24. The molecule has 1 N–H and O–H groups in total. The number of hydrogen-bond donors (Lipinski definition) is 1. The summed E-state index contributed by atoms with van der Waals surface area (Å²) in [4.78, 5) is 24.7. The molecule has 254 valence electrons. The van der Waals surface area contributed by atoms with E-state index in [2.05, 4.69) is 132 Å². The molecular weight excluding hydrogens is 661 g/mol. The highest BCUT2D eigenvalue weighted by Gasteiger charge is 2.22. The van der Waals surface area contributed by atoms with Crippen LogP contribution in [0.1, 0.15) is 22.9 Å². The van der Waals surface area contributed by atoms with Crippen molar-refractivity contribution in [2.45, 2.75) is 6.17 Å². The SMILES string of the molecule is c1ccc(C2=NC(c3cc(-c4ccc(-c5ccc6ccccc6c5)cc4)cc(-c4cc5nccnc5c5cccnc45)c3)=NC(c3ccccc3)N2)cc1. The summed E-state index contributed by atoms with van der Waals surface area (Å²) in [7, 11) is 0. The second kappa shape index (κ2) is 13.3. The Morgan fingerprint density at radius 2 is 1.09 bits per heavy atom. The minimum atomic E-state index is -0.319. The second-order valence-electron chi connectivity index (χ2n) is 13.4. The van der Waals surface area contributed by atoms with E-state index in [9.17, 15) is 0 Å². The van der Waals surface area contributed by atoms with E-state index in [1.165, 1.54) is 16.3 Å². The van der Waals surface area contributed by atoms with Gasteiger partial charge in [0, 0.05) is 40.7 Å². The third-order valence-electron chi connectivity index (χ3n) is 10.0. The van der Waals surface area contributed by atoms with Crippen LogP contribution in [0.3, 0.4) is 0 Å². The maximum Gasteiger partial charge on any atom is 0.159 e. The predicted octanol–water partition coefficient (Wildman–Crippen LogP) is 10.8. The third-order valence-corrected chi connectivity index (χ3v) is 10.0. The molecule has 6 heteroatoms. The van der Waals surface area contributed by atoms with Crippen LogP contribution in [0, 0.1) is 0 Å². The molecular formula is C48H32N6. The van der Waals surface area contributed by atoms with Gasteiger partial charge in [-0.15, -0.1) is 0 Å². The van der Waals surface area contributed by atoms with Crippen LogP contribution in [-0.4, -0.2) is 26.6 Å². The van der Waals surface area contributed by atoms with Crippen molar-refractivity contribution < 1.29 is 0 Å². The molecule has 3 heterocycles. The van der Waals surface area contributed by atoms with Crippen LogP contribution in [0.15, 0.2) is 192 Å². The standard InChI is InChI=1S/C48H32N6/c1-3-11-34(12-4-1)46-52-47(35-13-5-2-6-14-35)54-48(53-46)40-28-38(33-19-17-32(18-20-33)37-22-21-31-10-7-8-15-36(31)26-37)27-39(29-40)42-30-43-45(51-25-24-49-43)41-16-9-23-50-44(41)42/h1-30,46H,(H,52,53,54). The van der Waals surface area contributed by atoms with Crippen LogP contribution in [0.2, 0.25) is 0 Å². The molecule has 0 amide bonds. The van der Waals surface area contributed by atoms with Crippen LogP contribution in [0.5, 0.6) is 0 Å². The quantitative estimate of drug-likeness (QED) is 0.176. The monoisotopic (exact) mass is 692 g/mol. The summed E-state index contributed by atoms with van der Waals surface area (Å²) < 4.78 is 0. The molecule has 54 heavy (non-hydrogen) atoms. The number of benzene rings is 7. The van der Waals surface area contributed by atoms with E-state index in [-0.39, 0.29) is 6.17 Å². The minimum Gasteiger partial charge on any atom is -0.344 e. The van der Waals surface area contributed by atoms with Gasteiger partial charge in [0.15, 0.2) is 5.84 Å². The molecule has 0 saturated carbocycles. The number of fused-ring (bicyclic) bond motifs is 4. The largest absolute Gasteiger partial charge is 0.344 e. The number of nitrogens with one attached hydrogen (secondary N) is 1. The Balaban J connectivity index is 1.16. The highest BCUT2D eigenvalue weighted by molar-refractivity contribution is 6.14. The van der Waals surface area contributed by atoms with Gasteiger partial charge in [0.1, 0.15) is 12.0 Å².